The van der Waals surface area contributed by atoms with E-state index in [-0.39, 0.29) is 34.6 Å². The number of benzene rings is 2. The molecule has 1 saturated heterocycles. The third kappa shape index (κ3) is 3.73. The van der Waals surface area contributed by atoms with Gasteiger partial charge < -0.3 is 19.7 Å². The van der Waals surface area contributed by atoms with Gasteiger partial charge in [0.2, 0.25) is 0 Å². The molecule has 1 aliphatic rings. The quantitative estimate of drug-likeness (QED) is 0.469. The molecule has 3 rings (SSSR count). The summed E-state index contributed by atoms with van der Waals surface area (Å²) >= 11 is 0. The molecule has 0 aliphatic carbocycles. The van der Waals surface area contributed by atoms with E-state index in [4.69, 9.17) is 9.47 Å². The number of epoxide rings is 1. The summed E-state index contributed by atoms with van der Waals surface area (Å²) in [7, 11) is 1.53. The van der Waals surface area contributed by atoms with Crippen LogP contribution < -0.4 is 4.74 Å². The first-order valence-corrected chi connectivity index (χ1v) is 8.40. The Morgan fingerprint density at radius 3 is 2.42 bits per heavy atom. The molecule has 1 fully saturated rings. The van der Waals surface area contributed by atoms with E-state index in [1.165, 1.54) is 13.2 Å². The summed E-state index contributed by atoms with van der Waals surface area (Å²) in [6.45, 7) is 3.97. The first-order valence-electron chi connectivity index (χ1n) is 8.40. The summed E-state index contributed by atoms with van der Waals surface area (Å²) in [5.74, 6) is 0.315. The zero-order chi connectivity index (χ0) is 18.9. The SMILES string of the molecule is COc1ccc(C(=O)/C=C/c2ccc(O)cc2)c(O)c1CC1OC1(C)C. The fourth-order valence-electron chi connectivity index (χ4n) is 2.86. The number of ether oxygens (including phenoxy) is 2. The Balaban J connectivity index is 1.85. The number of allylic oxidation sites excluding steroid dienone is 1. The molecule has 0 spiro atoms. The van der Waals surface area contributed by atoms with E-state index in [0.29, 0.717) is 17.7 Å². The van der Waals surface area contributed by atoms with Crippen molar-refractivity contribution in [3.8, 4) is 17.2 Å². The van der Waals surface area contributed by atoms with Crippen LogP contribution in [0.5, 0.6) is 17.2 Å². The van der Waals surface area contributed by atoms with Gasteiger partial charge in [0.15, 0.2) is 5.78 Å². The second-order valence-corrected chi connectivity index (χ2v) is 6.85. The second-order valence-electron chi connectivity index (χ2n) is 6.85. The molecule has 2 aromatic carbocycles. The lowest BCUT2D eigenvalue weighted by Gasteiger charge is -2.12. The lowest BCUT2D eigenvalue weighted by atomic mass is 9.97. The maximum atomic E-state index is 12.5. The lowest BCUT2D eigenvalue weighted by molar-refractivity contribution is 0.104. The smallest absolute Gasteiger partial charge is 0.189 e. The van der Waals surface area contributed by atoms with Gasteiger partial charge in [-0.25, -0.2) is 0 Å². The molecule has 1 aliphatic heterocycles. The Morgan fingerprint density at radius 1 is 1.19 bits per heavy atom. The van der Waals surface area contributed by atoms with Crippen molar-refractivity contribution in [1.29, 1.82) is 0 Å². The summed E-state index contributed by atoms with van der Waals surface area (Å²) in [5, 5.41) is 19.9. The van der Waals surface area contributed by atoms with Crippen molar-refractivity contribution in [2.24, 2.45) is 0 Å². The average Bonchev–Trinajstić information content (AvgIpc) is 3.22. The average molecular weight is 354 g/mol. The molecular weight excluding hydrogens is 332 g/mol. The van der Waals surface area contributed by atoms with E-state index in [1.807, 2.05) is 13.8 Å². The van der Waals surface area contributed by atoms with Crippen molar-refractivity contribution in [3.05, 3.63) is 59.2 Å². The standard InChI is InChI=1S/C21H22O5/c1-21(2)19(26-21)12-16-18(25-3)11-9-15(20(16)24)17(23)10-6-13-4-7-14(22)8-5-13/h4-11,19,22,24H,12H2,1-3H3/b10-6+. The van der Waals surface area contributed by atoms with E-state index in [1.54, 1.807) is 42.5 Å². The second kappa shape index (κ2) is 6.84. The molecule has 0 radical (unpaired) electrons. The Morgan fingerprint density at radius 2 is 1.85 bits per heavy atom. The van der Waals surface area contributed by atoms with Crippen LogP contribution in [0, 0.1) is 0 Å². The normalized spacial score (nSPS) is 18.0. The molecule has 1 heterocycles. The summed E-state index contributed by atoms with van der Waals surface area (Å²) in [4.78, 5) is 12.5. The number of hydrogen-bond acceptors (Lipinski definition) is 5. The zero-order valence-corrected chi connectivity index (χ0v) is 15.0. The molecule has 0 aromatic heterocycles. The maximum absolute atomic E-state index is 12.5. The zero-order valence-electron chi connectivity index (χ0n) is 15.0. The fourth-order valence-corrected chi connectivity index (χ4v) is 2.86. The third-order valence-corrected chi connectivity index (χ3v) is 4.60. The number of methoxy groups -OCH3 is 1. The molecule has 2 N–H and O–H groups in total. The minimum atomic E-state index is -0.310. The minimum Gasteiger partial charge on any atom is -0.508 e. The van der Waals surface area contributed by atoms with Gasteiger partial charge in [-0.3, -0.25) is 4.79 Å². The number of ketones is 1. The molecule has 5 nitrogen and oxygen atoms in total. The van der Waals surface area contributed by atoms with Crippen LogP contribution in [0.4, 0.5) is 0 Å². The highest BCUT2D eigenvalue weighted by Crippen LogP contribution is 2.42. The number of carbonyl (C=O) groups is 1. The van der Waals surface area contributed by atoms with Gasteiger partial charge in [-0.2, -0.15) is 0 Å². The van der Waals surface area contributed by atoms with Gasteiger partial charge in [-0.1, -0.05) is 18.2 Å². The largest absolute Gasteiger partial charge is 0.508 e. The molecule has 26 heavy (non-hydrogen) atoms. The maximum Gasteiger partial charge on any atom is 0.189 e. The Kier molecular flexibility index (Phi) is 4.74. The van der Waals surface area contributed by atoms with Crippen molar-refractivity contribution in [2.75, 3.05) is 7.11 Å². The number of rotatable bonds is 6. The van der Waals surface area contributed by atoms with Gasteiger partial charge in [0.1, 0.15) is 17.2 Å². The molecular formula is C21H22O5. The Bertz CT molecular complexity index is 849. The molecule has 0 saturated carbocycles. The van der Waals surface area contributed by atoms with Crippen LogP contribution in [0.2, 0.25) is 0 Å². The third-order valence-electron chi connectivity index (χ3n) is 4.60. The Labute approximate surface area is 152 Å². The predicted octanol–water partition coefficient (Wildman–Crippen LogP) is 3.72. The van der Waals surface area contributed by atoms with Crippen molar-refractivity contribution in [3.63, 3.8) is 0 Å². The first kappa shape index (κ1) is 18.0. The van der Waals surface area contributed by atoms with E-state index in [9.17, 15) is 15.0 Å². The number of carbonyl (C=O) groups excluding carboxylic acids is 1. The van der Waals surface area contributed by atoms with Crippen molar-refractivity contribution >= 4 is 11.9 Å². The van der Waals surface area contributed by atoms with Gasteiger partial charge in [0.05, 0.1) is 24.4 Å². The highest BCUT2D eigenvalue weighted by Gasteiger charge is 2.48. The topological polar surface area (TPSA) is 79.3 Å². The van der Waals surface area contributed by atoms with Crippen LogP contribution in [0.25, 0.3) is 6.08 Å². The minimum absolute atomic E-state index is 0.0137. The Hall–Kier alpha value is -2.79. The van der Waals surface area contributed by atoms with Crippen LogP contribution in [0.1, 0.15) is 35.3 Å². The van der Waals surface area contributed by atoms with Crippen LogP contribution >= 0.6 is 0 Å². The summed E-state index contributed by atoms with van der Waals surface area (Å²) in [5.41, 5.74) is 1.34. The number of phenols is 2. The molecule has 1 atom stereocenters. The van der Waals surface area contributed by atoms with Crippen molar-refractivity contribution in [2.45, 2.75) is 32.0 Å². The first-order chi connectivity index (χ1) is 12.3. The number of hydrogen-bond donors (Lipinski definition) is 2. The summed E-state index contributed by atoms with van der Waals surface area (Å²) in [6, 6.07) is 9.73. The van der Waals surface area contributed by atoms with Crippen LogP contribution in [-0.2, 0) is 11.2 Å². The molecule has 0 amide bonds. The highest BCUT2D eigenvalue weighted by atomic mass is 16.6. The highest BCUT2D eigenvalue weighted by molar-refractivity contribution is 6.09. The number of phenolic OH excluding ortho intramolecular Hbond substituents is 2. The summed E-state index contributed by atoms with van der Waals surface area (Å²) in [6.07, 6.45) is 3.50. The fraction of sp³-hybridized carbons (Fsp3) is 0.286. The van der Waals surface area contributed by atoms with Gasteiger partial charge in [-0.15, -0.1) is 0 Å². The van der Waals surface area contributed by atoms with Crippen molar-refractivity contribution < 1.29 is 24.5 Å². The predicted molar refractivity (Wildman–Crippen MR) is 98.8 cm³/mol. The van der Waals surface area contributed by atoms with Crippen LogP contribution in [0.15, 0.2) is 42.5 Å². The van der Waals surface area contributed by atoms with E-state index < -0.39 is 0 Å². The van der Waals surface area contributed by atoms with Crippen molar-refractivity contribution in [1.82, 2.24) is 0 Å². The molecule has 1 unspecified atom stereocenters. The van der Waals surface area contributed by atoms with Gasteiger partial charge >= 0.3 is 0 Å². The van der Waals surface area contributed by atoms with Gasteiger partial charge in [-0.05, 0) is 49.8 Å². The lowest BCUT2D eigenvalue weighted by Crippen LogP contribution is -2.08. The molecule has 0 bridgehead atoms. The molecule has 5 heteroatoms. The van der Waals surface area contributed by atoms with Gasteiger partial charge in [0, 0.05) is 12.0 Å². The molecule has 136 valence electrons. The monoisotopic (exact) mass is 354 g/mol. The summed E-state index contributed by atoms with van der Waals surface area (Å²) < 4.78 is 10.9. The number of aromatic hydroxyl groups is 2. The van der Waals surface area contributed by atoms with E-state index >= 15 is 0 Å². The molecule has 2 aromatic rings. The van der Waals surface area contributed by atoms with Gasteiger partial charge in [0.25, 0.3) is 0 Å². The van der Waals surface area contributed by atoms with Crippen LogP contribution in [-0.4, -0.2) is 34.8 Å². The van der Waals surface area contributed by atoms with Crippen LogP contribution in [0.3, 0.4) is 0 Å². The van der Waals surface area contributed by atoms with E-state index in [0.717, 1.165) is 5.56 Å². The van der Waals surface area contributed by atoms with E-state index in [2.05, 4.69) is 0 Å².